The number of benzene rings is 1. The lowest BCUT2D eigenvalue weighted by atomic mass is 10.2. The number of nitrogens with zero attached hydrogens (tertiary/aromatic N) is 2. The molecule has 4 heteroatoms. The summed E-state index contributed by atoms with van der Waals surface area (Å²) in [4.78, 5) is 2.06. The molecule has 0 fully saturated rings. The van der Waals surface area contributed by atoms with Crippen molar-refractivity contribution in [3.8, 4) is 6.07 Å². The van der Waals surface area contributed by atoms with Crippen LogP contribution in [0.2, 0.25) is 5.02 Å². The van der Waals surface area contributed by atoms with Gasteiger partial charge in [0.1, 0.15) is 6.07 Å². The van der Waals surface area contributed by atoms with Gasteiger partial charge in [-0.25, -0.2) is 0 Å². The van der Waals surface area contributed by atoms with Crippen molar-refractivity contribution in [2.24, 2.45) is 0 Å². The van der Waals surface area contributed by atoms with E-state index in [2.05, 4.69) is 17.2 Å². The Labute approximate surface area is 99.8 Å². The Morgan fingerprint density at radius 1 is 1.53 bits per heavy atom. The molecular weight excluding hydrogens is 228 g/mol. The molecule has 0 bridgehead atoms. The molecule has 0 atom stereocenters. The number of hydrogen-bond acceptors (Lipinski definition) is 3. The van der Waals surface area contributed by atoms with Crippen molar-refractivity contribution in [1.29, 1.82) is 5.26 Å². The Bertz CT molecular complexity index is 373. The summed E-state index contributed by atoms with van der Waals surface area (Å²) in [5, 5.41) is 9.63. The van der Waals surface area contributed by atoms with Crippen LogP contribution in [0.5, 0.6) is 0 Å². The van der Waals surface area contributed by atoms with Crippen LogP contribution >= 0.6 is 23.4 Å². The summed E-state index contributed by atoms with van der Waals surface area (Å²) >= 11 is 7.70. The second kappa shape index (κ2) is 5.89. The van der Waals surface area contributed by atoms with Crippen molar-refractivity contribution in [3.05, 3.63) is 28.8 Å². The average molecular weight is 241 g/mol. The van der Waals surface area contributed by atoms with Gasteiger partial charge in [-0.15, -0.1) is 0 Å². The minimum atomic E-state index is 0.667. The number of thioether (sulfide) groups is 1. The lowest BCUT2D eigenvalue weighted by molar-refractivity contribution is 0.975. The maximum Gasteiger partial charge on any atom is 0.101 e. The van der Waals surface area contributed by atoms with Gasteiger partial charge in [0.15, 0.2) is 0 Å². The highest BCUT2D eigenvalue weighted by atomic mass is 35.5. The highest BCUT2D eigenvalue weighted by Gasteiger charge is 2.07. The fourth-order valence-corrected chi connectivity index (χ4v) is 1.89. The van der Waals surface area contributed by atoms with E-state index in [0.29, 0.717) is 10.6 Å². The summed E-state index contributed by atoms with van der Waals surface area (Å²) in [7, 11) is 1.97. The zero-order chi connectivity index (χ0) is 11.3. The molecule has 2 nitrogen and oxygen atoms in total. The van der Waals surface area contributed by atoms with Crippen LogP contribution in [0.3, 0.4) is 0 Å². The third-order valence-corrected chi connectivity index (χ3v) is 2.95. The molecule has 0 saturated carbocycles. The maximum absolute atomic E-state index is 8.96. The largest absolute Gasteiger partial charge is 0.373 e. The third-order valence-electron chi connectivity index (χ3n) is 2.12. The third kappa shape index (κ3) is 3.33. The molecule has 0 aliphatic carbocycles. The quantitative estimate of drug-likeness (QED) is 0.810. The van der Waals surface area contributed by atoms with Gasteiger partial charge in [-0.3, -0.25) is 0 Å². The molecule has 0 aromatic heterocycles. The Morgan fingerprint density at radius 3 is 2.87 bits per heavy atom. The van der Waals surface area contributed by atoms with Crippen LogP contribution in [-0.4, -0.2) is 25.6 Å². The van der Waals surface area contributed by atoms with E-state index in [9.17, 15) is 0 Å². The lowest BCUT2D eigenvalue weighted by Crippen LogP contribution is -2.21. The van der Waals surface area contributed by atoms with Gasteiger partial charge in [0, 0.05) is 24.4 Å². The molecule has 1 rings (SSSR count). The molecule has 15 heavy (non-hydrogen) atoms. The predicted molar refractivity (Wildman–Crippen MR) is 67.8 cm³/mol. The zero-order valence-corrected chi connectivity index (χ0v) is 10.4. The van der Waals surface area contributed by atoms with Crippen molar-refractivity contribution in [2.75, 3.05) is 30.5 Å². The van der Waals surface area contributed by atoms with Crippen LogP contribution < -0.4 is 4.90 Å². The molecular formula is C11H13ClN2S. The molecule has 0 aliphatic heterocycles. The fourth-order valence-electron chi connectivity index (χ4n) is 1.26. The number of nitriles is 1. The first-order valence-corrected chi connectivity index (χ1v) is 6.36. The molecule has 0 amide bonds. The van der Waals surface area contributed by atoms with Crippen LogP contribution in [-0.2, 0) is 0 Å². The molecule has 0 unspecified atom stereocenters. The van der Waals surface area contributed by atoms with E-state index in [1.165, 1.54) is 0 Å². The summed E-state index contributed by atoms with van der Waals surface area (Å²) in [6.45, 7) is 0.913. The van der Waals surface area contributed by atoms with E-state index in [0.717, 1.165) is 18.0 Å². The summed E-state index contributed by atoms with van der Waals surface area (Å²) in [5.41, 5.74) is 1.57. The lowest BCUT2D eigenvalue weighted by Gasteiger charge is -2.20. The van der Waals surface area contributed by atoms with E-state index in [1.54, 1.807) is 23.9 Å². The molecule has 1 aromatic rings. The number of rotatable bonds is 4. The summed E-state index contributed by atoms with van der Waals surface area (Å²) in [5.74, 6) is 1.04. The van der Waals surface area contributed by atoms with E-state index in [-0.39, 0.29) is 0 Å². The molecule has 0 saturated heterocycles. The zero-order valence-electron chi connectivity index (χ0n) is 8.83. The van der Waals surface area contributed by atoms with Gasteiger partial charge < -0.3 is 4.90 Å². The molecule has 1 aromatic carbocycles. The van der Waals surface area contributed by atoms with Crippen LogP contribution in [0, 0.1) is 11.3 Å². The first kappa shape index (κ1) is 12.2. The number of halogens is 1. The van der Waals surface area contributed by atoms with Crippen LogP contribution in [0.15, 0.2) is 18.2 Å². The summed E-state index contributed by atoms with van der Waals surface area (Å²) < 4.78 is 0. The molecule has 80 valence electrons. The Balaban J connectivity index is 2.91. The van der Waals surface area contributed by atoms with Crippen LogP contribution in [0.1, 0.15) is 5.56 Å². The normalized spacial score (nSPS) is 9.73. The molecule has 0 radical (unpaired) electrons. The van der Waals surface area contributed by atoms with Crippen molar-refractivity contribution >= 4 is 29.1 Å². The van der Waals surface area contributed by atoms with Crippen LogP contribution in [0.4, 0.5) is 5.69 Å². The van der Waals surface area contributed by atoms with Gasteiger partial charge in [0.05, 0.1) is 11.3 Å². The molecule has 0 aliphatic rings. The van der Waals surface area contributed by atoms with Crippen molar-refractivity contribution in [3.63, 3.8) is 0 Å². The van der Waals surface area contributed by atoms with Gasteiger partial charge >= 0.3 is 0 Å². The van der Waals surface area contributed by atoms with Crippen molar-refractivity contribution < 1.29 is 0 Å². The van der Waals surface area contributed by atoms with E-state index >= 15 is 0 Å². The first-order chi connectivity index (χ1) is 7.19. The van der Waals surface area contributed by atoms with Gasteiger partial charge in [0.25, 0.3) is 0 Å². The van der Waals surface area contributed by atoms with E-state index in [1.807, 2.05) is 13.1 Å². The topological polar surface area (TPSA) is 27.0 Å². The summed E-state index contributed by atoms with van der Waals surface area (Å²) in [6.07, 6.45) is 2.07. The second-order valence-corrected chi connectivity index (χ2v) is 4.61. The second-order valence-electron chi connectivity index (χ2n) is 3.19. The van der Waals surface area contributed by atoms with Crippen molar-refractivity contribution in [2.45, 2.75) is 0 Å². The van der Waals surface area contributed by atoms with E-state index in [4.69, 9.17) is 16.9 Å². The Morgan fingerprint density at radius 2 is 2.27 bits per heavy atom. The first-order valence-electron chi connectivity index (χ1n) is 4.58. The van der Waals surface area contributed by atoms with Crippen LogP contribution in [0.25, 0.3) is 0 Å². The maximum atomic E-state index is 8.96. The fraction of sp³-hybridized carbons (Fsp3) is 0.364. The van der Waals surface area contributed by atoms with E-state index < -0.39 is 0 Å². The number of hydrogen-bond donors (Lipinski definition) is 0. The van der Waals surface area contributed by atoms with Crippen molar-refractivity contribution in [1.82, 2.24) is 0 Å². The SMILES string of the molecule is CSCCN(C)c1cc(Cl)ccc1C#N. The molecule has 0 N–H and O–H groups in total. The summed E-state index contributed by atoms with van der Waals surface area (Å²) in [6, 6.07) is 7.51. The standard InChI is InChI=1S/C11H13ClN2S/c1-14(5-6-15-2)11-7-10(12)4-3-9(11)8-13/h3-4,7H,5-6H2,1-2H3. The number of anilines is 1. The van der Waals surface area contributed by atoms with Gasteiger partial charge in [-0.05, 0) is 24.5 Å². The highest BCUT2D eigenvalue weighted by Crippen LogP contribution is 2.23. The van der Waals surface area contributed by atoms with Gasteiger partial charge in [0.2, 0.25) is 0 Å². The smallest absolute Gasteiger partial charge is 0.101 e. The minimum Gasteiger partial charge on any atom is -0.373 e. The minimum absolute atomic E-state index is 0.667. The predicted octanol–water partition coefficient (Wildman–Crippen LogP) is 3.01. The van der Waals surface area contributed by atoms with Gasteiger partial charge in [-0.2, -0.15) is 17.0 Å². The molecule has 0 heterocycles. The van der Waals surface area contributed by atoms with Gasteiger partial charge in [-0.1, -0.05) is 11.6 Å². The highest BCUT2D eigenvalue weighted by molar-refractivity contribution is 7.98. The average Bonchev–Trinajstić information content (AvgIpc) is 2.25. The monoisotopic (exact) mass is 240 g/mol. The Kier molecular flexibility index (Phi) is 4.80. The molecule has 0 spiro atoms. The Hall–Kier alpha value is -0.850.